The molecular formula is C13H13BrN2O2S2. The Morgan fingerprint density at radius 1 is 1.30 bits per heavy atom. The van der Waals surface area contributed by atoms with Crippen molar-refractivity contribution in [3.63, 3.8) is 0 Å². The summed E-state index contributed by atoms with van der Waals surface area (Å²) in [6, 6.07) is 7.37. The standard InChI is InChI=1S/C13H13BrN2O2S2/c14-11-5-7-19-13(11)20(17,18)16-10-4-3-9-2-1-6-15-12(9)8-10/h3-5,7-8,15-16H,1-2,6H2. The van der Waals surface area contributed by atoms with Gasteiger partial charge in [-0.1, -0.05) is 6.07 Å². The van der Waals surface area contributed by atoms with Crippen LogP contribution < -0.4 is 10.0 Å². The molecule has 0 amide bonds. The topological polar surface area (TPSA) is 58.2 Å². The second kappa shape index (κ2) is 5.38. The van der Waals surface area contributed by atoms with E-state index in [2.05, 4.69) is 26.0 Å². The Morgan fingerprint density at radius 3 is 2.90 bits per heavy atom. The zero-order valence-corrected chi connectivity index (χ0v) is 13.7. The van der Waals surface area contributed by atoms with E-state index in [1.165, 1.54) is 16.9 Å². The van der Waals surface area contributed by atoms with Crippen molar-refractivity contribution in [2.45, 2.75) is 17.1 Å². The first-order valence-corrected chi connectivity index (χ1v) is 9.34. The van der Waals surface area contributed by atoms with Gasteiger partial charge in [0.15, 0.2) is 4.21 Å². The fraction of sp³-hybridized carbons (Fsp3) is 0.231. The molecule has 2 N–H and O–H groups in total. The van der Waals surface area contributed by atoms with E-state index in [0.29, 0.717) is 14.4 Å². The van der Waals surface area contributed by atoms with Crippen molar-refractivity contribution < 1.29 is 8.42 Å². The molecule has 1 aromatic carbocycles. The number of rotatable bonds is 3. The molecule has 4 nitrogen and oxygen atoms in total. The third kappa shape index (κ3) is 2.70. The minimum atomic E-state index is -3.53. The van der Waals surface area contributed by atoms with Crippen molar-refractivity contribution >= 4 is 48.7 Å². The zero-order valence-electron chi connectivity index (χ0n) is 10.5. The molecule has 0 atom stereocenters. The molecule has 0 fully saturated rings. The Morgan fingerprint density at radius 2 is 2.15 bits per heavy atom. The molecule has 1 aliphatic heterocycles. The molecule has 0 bridgehead atoms. The van der Waals surface area contributed by atoms with Crippen LogP contribution in [0.3, 0.4) is 0 Å². The zero-order chi connectivity index (χ0) is 14.2. The maximum absolute atomic E-state index is 12.3. The van der Waals surface area contributed by atoms with E-state index in [1.807, 2.05) is 18.2 Å². The van der Waals surface area contributed by atoms with Crippen LogP contribution in [-0.4, -0.2) is 15.0 Å². The lowest BCUT2D eigenvalue weighted by Gasteiger charge is -2.19. The Kier molecular flexibility index (Phi) is 3.74. The largest absolute Gasteiger partial charge is 0.385 e. The normalized spacial score (nSPS) is 14.4. The predicted molar refractivity (Wildman–Crippen MR) is 86.1 cm³/mol. The highest BCUT2D eigenvalue weighted by Gasteiger charge is 2.20. The summed E-state index contributed by atoms with van der Waals surface area (Å²) in [5.74, 6) is 0. The van der Waals surface area contributed by atoms with E-state index in [4.69, 9.17) is 0 Å². The molecule has 0 spiro atoms. The van der Waals surface area contributed by atoms with Gasteiger partial charge in [-0.15, -0.1) is 11.3 Å². The van der Waals surface area contributed by atoms with Gasteiger partial charge < -0.3 is 5.32 Å². The summed E-state index contributed by atoms with van der Waals surface area (Å²) in [5.41, 5.74) is 2.83. The number of fused-ring (bicyclic) bond motifs is 1. The molecule has 0 saturated heterocycles. The van der Waals surface area contributed by atoms with Crippen LogP contribution in [0.25, 0.3) is 0 Å². The molecular weight excluding hydrogens is 360 g/mol. The highest BCUT2D eigenvalue weighted by Crippen LogP contribution is 2.31. The quantitative estimate of drug-likeness (QED) is 0.863. The van der Waals surface area contributed by atoms with E-state index < -0.39 is 10.0 Å². The number of hydrogen-bond acceptors (Lipinski definition) is 4. The number of sulfonamides is 1. The fourth-order valence-corrected chi connectivity index (χ4v) is 5.59. The first kappa shape index (κ1) is 13.9. The Bertz CT molecular complexity index is 741. The van der Waals surface area contributed by atoms with Gasteiger partial charge in [-0.3, -0.25) is 4.72 Å². The molecule has 1 aliphatic rings. The van der Waals surface area contributed by atoms with E-state index >= 15 is 0 Å². The number of anilines is 2. The summed E-state index contributed by atoms with van der Waals surface area (Å²) < 4.78 is 28.1. The minimum absolute atomic E-state index is 0.295. The van der Waals surface area contributed by atoms with Gasteiger partial charge in [0.1, 0.15) is 0 Å². The lowest BCUT2D eigenvalue weighted by atomic mass is 10.0. The molecule has 2 aromatic rings. The molecule has 106 valence electrons. The second-order valence-electron chi connectivity index (χ2n) is 4.56. The van der Waals surface area contributed by atoms with Crippen LogP contribution in [0.15, 0.2) is 38.3 Å². The third-order valence-corrected chi connectivity index (χ3v) is 7.18. The van der Waals surface area contributed by atoms with Gasteiger partial charge in [-0.2, -0.15) is 0 Å². The summed E-state index contributed by atoms with van der Waals surface area (Å²) >= 11 is 4.45. The van der Waals surface area contributed by atoms with E-state index in [-0.39, 0.29) is 0 Å². The van der Waals surface area contributed by atoms with Gasteiger partial charge >= 0.3 is 0 Å². The van der Waals surface area contributed by atoms with Crippen LogP contribution in [0, 0.1) is 0 Å². The lowest BCUT2D eigenvalue weighted by molar-refractivity contribution is 0.603. The molecule has 1 aromatic heterocycles. The van der Waals surface area contributed by atoms with Crippen molar-refractivity contribution in [3.05, 3.63) is 39.7 Å². The van der Waals surface area contributed by atoms with E-state index in [1.54, 1.807) is 11.4 Å². The van der Waals surface area contributed by atoms with Gasteiger partial charge in [0, 0.05) is 16.7 Å². The summed E-state index contributed by atoms with van der Waals surface area (Å²) in [7, 11) is -3.53. The summed E-state index contributed by atoms with van der Waals surface area (Å²) in [5, 5.41) is 5.04. The molecule has 7 heteroatoms. The first-order valence-electron chi connectivity index (χ1n) is 6.19. The fourth-order valence-electron chi connectivity index (χ4n) is 2.20. The summed E-state index contributed by atoms with van der Waals surface area (Å²) in [4.78, 5) is 0. The number of benzene rings is 1. The molecule has 0 unspecified atom stereocenters. The number of nitrogens with one attached hydrogen (secondary N) is 2. The molecule has 3 rings (SSSR count). The SMILES string of the molecule is O=S(=O)(Nc1ccc2c(c1)NCCC2)c1sccc1Br. The average Bonchev–Trinajstić information content (AvgIpc) is 2.85. The molecule has 0 saturated carbocycles. The van der Waals surface area contributed by atoms with Crippen molar-refractivity contribution in [1.29, 1.82) is 0 Å². The number of halogens is 1. The predicted octanol–water partition coefficient (Wildman–Crippen LogP) is 3.67. The summed E-state index contributed by atoms with van der Waals surface area (Å²) in [6.45, 7) is 0.930. The number of hydrogen-bond donors (Lipinski definition) is 2. The van der Waals surface area contributed by atoms with E-state index in [0.717, 1.165) is 25.1 Å². The van der Waals surface area contributed by atoms with Crippen molar-refractivity contribution in [3.8, 4) is 0 Å². The van der Waals surface area contributed by atoms with Crippen molar-refractivity contribution in [1.82, 2.24) is 0 Å². The average molecular weight is 373 g/mol. The second-order valence-corrected chi connectivity index (χ2v) is 8.21. The van der Waals surface area contributed by atoms with Crippen LogP contribution in [0.1, 0.15) is 12.0 Å². The Labute approximate surface area is 130 Å². The maximum atomic E-state index is 12.3. The maximum Gasteiger partial charge on any atom is 0.272 e. The Balaban J connectivity index is 1.90. The van der Waals surface area contributed by atoms with E-state index in [9.17, 15) is 8.42 Å². The molecule has 2 heterocycles. The first-order chi connectivity index (χ1) is 9.56. The van der Waals surface area contributed by atoms with Crippen LogP contribution in [0.4, 0.5) is 11.4 Å². The van der Waals surface area contributed by atoms with Crippen molar-refractivity contribution in [2.75, 3.05) is 16.6 Å². The summed E-state index contributed by atoms with van der Waals surface area (Å²) in [6.07, 6.45) is 2.14. The number of thiophene rings is 1. The van der Waals surface area contributed by atoms with Gasteiger partial charge in [-0.25, -0.2) is 8.42 Å². The lowest BCUT2D eigenvalue weighted by Crippen LogP contribution is -2.14. The number of aryl methyl sites for hydroxylation is 1. The molecule has 0 aliphatic carbocycles. The molecule has 20 heavy (non-hydrogen) atoms. The van der Waals surface area contributed by atoms with Gasteiger partial charge in [-0.05, 0) is 57.9 Å². The molecule has 0 radical (unpaired) electrons. The van der Waals surface area contributed by atoms with Crippen LogP contribution in [-0.2, 0) is 16.4 Å². The minimum Gasteiger partial charge on any atom is -0.385 e. The van der Waals surface area contributed by atoms with Gasteiger partial charge in [0.05, 0.1) is 5.69 Å². The van der Waals surface area contributed by atoms with Crippen LogP contribution in [0.2, 0.25) is 0 Å². The van der Waals surface area contributed by atoms with Gasteiger partial charge in [0.25, 0.3) is 10.0 Å². The van der Waals surface area contributed by atoms with Crippen LogP contribution in [0.5, 0.6) is 0 Å². The smallest absolute Gasteiger partial charge is 0.272 e. The third-order valence-electron chi connectivity index (χ3n) is 3.13. The Hall–Kier alpha value is -1.05. The van der Waals surface area contributed by atoms with Gasteiger partial charge in [0.2, 0.25) is 0 Å². The highest BCUT2D eigenvalue weighted by atomic mass is 79.9. The van der Waals surface area contributed by atoms with Crippen LogP contribution >= 0.6 is 27.3 Å². The monoisotopic (exact) mass is 372 g/mol. The van der Waals surface area contributed by atoms with Crippen molar-refractivity contribution in [2.24, 2.45) is 0 Å². The highest BCUT2D eigenvalue weighted by molar-refractivity contribution is 9.10.